The zero-order valence-electron chi connectivity index (χ0n) is 20.1. The molecule has 3 heterocycles. The molecule has 36 heavy (non-hydrogen) atoms. The van der Waals surface area contributed by atoms with Gasteiger partial charge in [0.15, 0.2) is 0 Å². The fourth-order valence-corrected chi connectivity index (χ4v) is 4.94. The van der Waals surface area contributed by atoms with Crippen molar-refractivity contribution in [3.63, 3.8) is 0 Å². The number of aromatic nitrogens is 2. The lowest BCUT2D eigenvalue weighted by atomic mass is 10.1. The summed E-state index contributed by atoms with van der Waals surface area (Å²) in [5.74, 6) is -0.835. The van der Waals surface area contributed by atoms with E-state index >= 15 is 0 Å². The predicted octanol–water partition coefficient (Wildman–Crippen LogP) is 2.18. The summed E-state index contributed by atoms with van der Waals surface area (Å²) in [6, 6.07) is 14.1. The first kappa shape index (κ1) is 23.9. The zero-order chi connectivity index (χ0) is 25.1. The third-order valence-electron chi connectivity index (χ3n) is 6.89. The van der Waals surface area contributed by atoms with Gasteiger partial charge in [0.05, 0.1) is 35.3 Å². The Morgan fingerprint density at radius 1 is 0.833 bits per heavy atom. The molecule has 0 spiro atoms. The summed E-state index contributed by atoms with van der Waals surface area (Å²) < 4.78 is 1.50. The van der Waals surface area contributed by atoms with E-state index < -0.39 is 0 Å². The van der Waals surface area contributed by atoms with Crippen molar-refractivity contribution in [2.24, 2.45) is 0 Å². The van der Waals surface area contributed by atoms with Crippen LogP contribution in [0.3, 0.4) is 0 Å². The van der Waals surface area contributed by atoms with E-state index in [-0.39, 0.29) is 42.8 Å². The molecule has 1 saturated heterocycles. The Morgan fingerprint density at radius 3 is 2.17 bits per heavy atom. The van der Waals surface area contributed by atoms with Crippen LogP contribution in [0, 0.1) is 0 Å². The molecule has 9 nitrogen and oxygen atoms in total. The lowest BCUT2D eigenvalue weighted by molar-refractivity contribution is -0.121. The summed E-state index contributed by atoms with van der Waals surface area (Å²) in [5.41, 5.74) is 1.33. The van der Waals surface area contributed by atoms with Crippen LogP contribution >= 0.6 is 0 Å². The lowest BCUT2D eigenvalue weighted by Gasteiger charge is -2.16. The molecule has 1 N–H and O–H groups in total. The summed E-state index contributed by atoms with van der Waals surface area (Å²) >= 11 is 0. The average Bonchev–Trinajstić information content (AvgIpc) is 3.51. The number of likely N-dealkylation sites (tertiary alicyclic amines) is 1. The Morgan fingerprint density at radius 2 is 1.47 bits per heavy atom. The van der Waals surface area contributed by atoms with Crippen molar-refractivity contribution in [2.45, 2.75) is 38.8 Å². The summed E-state index contributed by atoms with van der Waals surface area (Å²) in [6.45, 7) is 3.75. The zero-order valence-corrected chi connectivity index (χ0v) is 20.1. The highest BCUT2D eigenvalue weighted by Crippen LogP contribution is 2.22. The Labute approximate surface area is 208 Å². The molecule has 3 amide bonds. The first-order valence-corrected chi connectivity index (χ1v) is 12.5. The molecule has 2 aliphatic heterocycles. The highest BCUT2D eigenvalue weighted by Gasteiger charge is 2.34. The van der Waals surface area contributed by atoms with Gasteiger partial charge in [-0.2, -0.15) is 5.10 Å². The van der Waals surface area contributed by atoms with Gasteiger partial charge in [0.2, 0.25) is 5.91 Å². The van der Waals surface area contributed by atoms with Crippen molar-refractivity contribution in [3.05, 3.63) is 75.7 Å². The smallest absolute Gasteiger partial charge is 0.274 e. The summed E-state index contributed by atoms with van der Waals surface area (Å²) in [5, 5.41) is 8.78. The third-order valence-corrected chi connectivity index (χ3v) is 6.89. The predicted molar refractivity (Wildman–Crippen MR) is 135 cm³/mol. The van der Waals surface area contributed by atoms with E-state index in [2.05, 4.69) is 15.3 Å². The third kappa shape index (κ3) is 4.79. The molecular weight excluding hydrogens is 458 g/mol. The second-order valence-corrected chi connectivity index (χ2v) is 9.26. The largest absolute Gasteiger partial charge is 0.350 e. The van der Waals surface area contributed by atoms with Crippen LogP contribution in [-0.4, -0.2) is 63.5 Å². The van der Waals surface area contributed by atoms with Crippen LogP contribution in [0.25, 0.3) is 10.8 Å². The van der Waals surface area contributed by atoms with Gasteiger partial charge in [-0.3, -0.25) is 24.1 Å². The molecule has 2 aromatic carbocycles. The molecule has 5 rings (SSSR count). The molecule has 0 unspecified atom stereocenters. The molecule has 1 fully saturated rings. The average molecular weight is 488 g/mol. The minimum absolute atomic E-state index is 0.124. The minimum Gasteiger partial charge on any atom is -0.350 e. The summed E-state index contributed by atoms with van der Waals surface area (Å²) in [6.07, 6.45) is 2.90. The van der Waals surface area contributed by atoms with E-state index in [1.54, 1.807) is 30.3 Å². The van der Waals surface area contributed by atoms with Gasteiger partial charge < -0.3 is 10.2 Å². The number of nitrogens with zero attached hydrogens (tertiary/aromatic N) is 4. The van der Waals surface area contributed by atoms with Crippen molar-refractivity contribution in [3.8, 4) is 0 Å². The van der Waals surface area contributed by atoms with E-state index in [9.17, 15) is 19.2 Å². The van der Waals surface area contributed by atoms with Crippen LogP contribution in [0.15, 0.2) is 53.3 Å². The lowest BCUT2D eigenvalue weighted by Crippen LogP contribution is -2.33. The van der Waals surface area contributed by atoms with Crippen LogP contribution < -0.4 is 10.9 Å². The van der Waals surface area contributed by atoms with Crippen LogP contribution in [0.5, 0.6) is 0 Å². The molecule has 186 valence electrons. The quantitative estimate of drug-likeness (QED) is 0.464. The molecule has 3 aromatic rings. The van der Waals surface area contributed by atoms with Gasteiger partial charge >= 0.3 is 0 Å². The number of hydrogen-bond donors (Lipinski definition) is 1. The Hall–Kier alpha value is -3.85. The van der Waals surface area contributed by atoms with Crippen molar-refractivity contribution in [1.29, 1.82) is 0 Å². The topological polar surface area (TPSA) is 105 Å². The molecule has 0 aliphatic carbocycles. The maximum absolute atomic E-state index is 13.0. The van der Waals surface area contributed by atoms with Crippen molar-refractivity contribution in [2.75, 3.05) is 26.2 Å². The maximum Gasteiger partial charge on any atom is 0.274 e. The highest BCUT2D eigenvalue weighted by molar-refractivity contribution is 6.21. The first-order chi connectivity index (χ1) is 17.5. The SMILES string of the molecule is O=C(CCCN1C(=O)c2ccccc2C1=O)NCc1nn(CCN2CCCC2)c(=O)c2ccccc12. The first-order valence-electron chi connectivity index (χ1n) is 12.5. The van der Waals surface area contributed by atoms with Crippen molar-refractivity contribution in [1.82, 2.24) is 24.9 Å². The molecule has 0 bridgehead atoms. The van der Waals surface area contributed by atoms with Crippen molar-refractivity contribution >= 4 is 28.5 Å². The standard InChI is InChI=1S/C27H29N5O4/c33-24(12-7-15-31-25(34)21-10-3-4-11-22(21)26(31)35)28-18-23-19-8-1-2-9-20(19)27(36)32(29-23)17-16-30-13-5-6-14-30/h1-4,8-11H,5-7,12-18H2,(H,28,33). The second-order valence-electron chi connectivity index (χ2n) is 9.26. The molecule has 9 heteroatoms. The molecule has 2 aliphatic rings. The van der Waals surface area contributed by atoms with E-state index in [0.717, 1.165) is 25.0 Å². The number of fused-ring (bicyclic) bond motifs is 2. The van der Waals surface area contributed by atoms with Crippen LogP contribution in [0.1, 0.15) is 52.1 Å². The fraction of sp³-hybridized carbons (Fsp3) is 0.370. The molecule has 0 atom stereocenters. The normalized spacial score (nSPS) is 15.6. The van der Waals surface area contributed by atoms with E-state index in [1.807, 2.05) is 18.2 Å². The minimum atomic E-state index is -0.317. The Bertz CT molecular complexity index is 1340. The number of imide groups is 1. The van der Waals surface area contributed by atoms with Gasteiger partial charge in [-0.1, -0.05) is 30.3 Å². The number of nitrogens with one attached hydrogen (secondary N) is 1. The van der Waals surface area contributed by atoms with Gasteiger partial charge in [0.25, 0.3) is 17.4 Å². The van der Waals surface area contributed by atoms with Gasteiger partial charge in [0.1, 0.15) is 0 Å². The van der Waals surface area contributed by atoms with Gasteiger partial charge in [0, 0.05) is 24.9 Å². The molecule has 0 radical (unpaired) electrons. The van der Waals surface area contributed by atoms with Gasteiger partial charge in [-0.25, -0.2) is 4.68 Å². The molecular formula is C27H29N5O4. The Kier molecular flexibility index (Phi) is 6.90. The number of benzene rings is 2. The van der Waals surface area contributed by atoms with Crippen molar-refractivity contribution < 1.29 is 14.4 Å². The van der Waals surface area contributed by atoms with Crippen LogP contribution in [0.2, 0.25) is 0 Å². The molecule has 0 saturated carbocycles. The maximum atomic E-state index is 13.0. The number of carbonyl (C=O) groups is 3. The highest BCUT2D eigenvalue weighted by atomic mass is 16.2. The second kappa shape index (κ2) is 10.4. The number of amides is 3. The van der Waals surface area contributed by atoms with Gasteiger partial charge in [-0.05, 0) is 50.6 Å². The number of hydrogen-bond acceptors (Lipinski definition) is 6. The van der Waals surface area contributed by atoms with E-state index in [1.165, 1.54) is 22.4 Å². The Balaban J connectivity index is 1.20. The number of carbonyl (C=O) groups excluding carboxylic acids is 3. The van der Waals surface area contributed by atoms with Crippen LogP contribution in [-0.2, 0) is 17.9 Å². The van der Waals surface area contributed by atoms with E-state index in [4.69, 9.17) is 0 Å². The molecule has 1 aromatic heterocycles. The monoisotopic (exact) mass is 487 g/mol. The number of rotatable bonds is 9. The fourth-order valence-electron chi connectivity index (χ4n) is 4.94. The van der Waals surface area contributed by atoms with Gasteiger partial charge in [-0.15, -0.1) is 0 Å². The summed E-state index contributed by atoms with van der Waals surface area (Å²) in [7, 11) is 0. The van der Waals surface area contributed by atoms with Crippen LogP contribution in [0.4, 0.5) is 0 Å². The summed E-state index contributed by atoms with van der Waals surface area (Å²) in [4.78, 5) is 54.0. The van der Waals surface area contributed by atoms with E-state index in [0.29, 0.717) is 35.2 Å².